The number of hydrogen-bond acceptors (Lipinski definition) is 8. The lowest BCUT2D eigenvalue weighted by atomic mass is 9.30. The number of carbonyl (C=O) groups excluding carboxylic acids is 2. The van der Waals surface area contributed by atoms with Crippen molar-refractivity contribution < 1.29 is 39.1 Å². The maximum atomic E-state index is 13.8. The number of allylic oxidation sites excluding steroid dienone is 1. The third-order valence-electron chi connectivity index (χ3n) is 16.8. The Morgan fingerprint density at radius 1 is 0.808 bits per heavy atom. The Morgan fingerprint density at radius 3 is 2.15 bits per heavy atom. The molecule has 1 aromatic carbocycles. The summed E-state index contributed by atoms with van der Waals surface area (Å²) < 4.78 is 19.8. The molecule has 1 aromatic rings. The Labute approximate surface area is 310 Å². The summed E-state index contributed by atoms with van der Waals surface area (Å²) in [7, 11) is 0. The number of aliphatic hydroxyl groups is 3. The molecular weight excluding hydrogens is 656 g/mol. The summed E-state index contributed by atoms with van der Waals surface area (Å²) >= 11 is 0. The van der Waals surface area contributed by atoms with Crippen LogP contribution in [-0.2, 0) is 23.8 Å². The van der Waals surface area contributed by atoms with E-state index in [4.69, 9.17) is 14.2 Å². The van der Waals surface area contributed by atoms with Gasteiger partial charge in [0.2, 0.25) is 0 Å². The molecule has 6 fully saturated rings. The normalized spacial score (nSPS) is 47.4. The molecule has 8 nitrogen and oxygen atoms in total. The second-order valence-electron chi connectivity index (χ2n) is 19.5. The monoisotopic (exact) mass is 718 g/mol. The number of ether oxygens (including phenoxy) is 3. The molecule has 2 bridgehead atoms. The zero-order valence-electron chi connectivity index (χ0n) is 32.8. The quantitative estimate of drug-likeness (QED) is 0.213. The second-order valence-corrected chi connectivity index (χ2v) is 19.5. The van der Waals surface area contributed by atoms with E-state index in [0.717, 1.165) is 37.7 Å². The van der Waals surface area contributed by atoms with Gasteiger partial charge in [0.25, 0.3) is 0 Å². The largest absolute Gasteiger partial charge is 0.454 e. The summed E-state index contributed by atoms with van der Waals surface area (Å²) in [6, 6.07) is 9.45. The molecule has 52 heavy (non-hydrogen) atoms. The first-order valence-electron chi connectivity index (χ1n) is 19.8. The molecule has 1 heterocycles. The van der Waals surface area contributed by atoms with E-state index in [1.807, 2.05) is 44.2 Å². The summed E-state index contributed by atoms with van der Waals surface area (Å²) in [5.41, 5.74) is -2.60. The van der Waals surface area contributed by atoms with Crippen molar-refractivity contribution in [3.05, 3.63) is 53.6 Å². The number of esters is 2. The van der Waals surface area contributed by atoms with Crippen LogP contribution in [-0.4, -0.2) is 63.6 Å². The molecule has 1 spiro atoms. The lowest BCUT2D eigenvalue weighted by Crippen LogP contribution is -2.77. The van der Waals surface area contributed by atoms with E-state index < -0.39 is 58.4 Å². The van der Waals surface area contributed by atoms with Crippen LogP contribution in [0.25, 0.3) is 6.08 Å². The Balaban J connectivity index is 1.32. The van der Waals surface area contributed by atoms with Crippen LogP contribution in [0.3, 0.4) is 0 Å². The number of aliphatic hydroxyl groups excluding tert-OH is 3. The van der Waals surface area contributed by atoms with Crippen LogP contribution >= 0.6 is 0 Å². The predicted octanol–water partition coefficient (Wildman–Crippen LogP) is 7.39. The van der Waals surface area contributed by atoms with Crippen LogP contribution in [0.5, 0.6) is 0 Å². The number of benzene rings is 1. The number of carbonyl (C=O) groups is 2. The highest BCUT2D eigenvalue weighted by atomic mass is 16.6. The molecule has 3 N–H and O–H groups in total. The molecule has 3 unspecified atom stereocenters. The van der Waals surface area contributed by atoms with Gasteiger partial charge in [0.05, 0.1) is 23.2 Å². The molecule has 8 heteroatoms. The van der Waals surface area contributed by atoms with E-state index in [2.05, 4.69) is 34.6 Å². The van der Waals surface area contributed by atoms with Crippen molar-refractivity contribution in [1.29, 1.82) is 0 Å². The van der Waals surface area contributed by atoms with Gasteiger partial charge in [0.1, 0.15) is 6.10 Å². The summed E-state index contributed by atoms with van der Waals surface area (Å²) in [6.45, 7) is 19.2. The van der Waals surface area contributed by atoms with Crippen LogP contribution in [0.4, 0.5) is 0 Å². The van der Waals surface area contributed by atoms with Crippen molar-refractivity contribution in [2.24, 2.45) is 50.2 Å². The van der Waals surface area contributed by atoms with Gasteiger partial charge >= 0.3 is 11.9 Å². The maximum absolute atomic E-state index is 13.8. The second kappa shape index (κ2) is 12.2. The van der Waals surface area contributed by atoms with Gasteiger partial charge in [-0.05, 0) is 105 Å². The van der Waals surface area contributed by atoms with E-state index >= 15 is 0 Å². The lowest BCUT2D eigenvalue weighted by Gasteiger charge is -2.75. The van der Waals surface area contributed by atoms with Gasteiger partial charge < -0.3 is 29.5 Å². The van der Waals surface area contributed by atoms with Crippen molar-refractivity contribution in [2.45, 2.75) is 150 Å². The molecular formula is C44H62O8. The van der Waals surface area contributed by atoms with Crippen molar-refractivity contribution in [3.63, 3.8) is 0 Å². The van der Waals surface area contributed by atoms with Crippen molar-refractivity contribution in [3.8, 4) is 0 Å². The minimum atomic E-state index is -1.44. The van der Waals surface area contributed by atoms with Crippen LogP contribution in [0.2, 0.25) is 0 Å². The SMILES string of the molecule is CC=C(C)C(=O)O[C@H]1[C@H](OC(=O)C=Cc2ccccc2)[C@@]23C(CC1(C)C)[C@]1(CCC4[C@@]5(C)CC[C@H](O)C(C)(C)C5CC[C@@]4(C)[C@]1(C)C[C@H]2O)O[C@@H]3O. The number of rotatable bonds is 5. The lowest BCUT2D eigenvalue weighted by molar-refractivity contribution is -0.312. The first-order chi connectivity index (χ1) is 24.3. The zero-order chi connectivity index (χ0) is 37.9. The van der Waals surface area contributed by atoms with E-state index in [1.165, 1.54) is 6.08 Å². The Bertz CT molecular complexity index is 1650. The summed E-state index contributed by atoms with van der Waals surface area (Å²) in [6.07, 6.45) is 5.90. The van der Waals surface area contributed by atoms with E-state index in [1.54, 1.807) is 26.0 Å². The van der Waals surface area contributed by atoms with E-state index in [9.17, 15) is 24.9 Å². The van der Waals surface area contributed by atoms with Gasteiger partial charge in [-0.3, -0.25) is 0 Å². The van der Waals surface area contributed by atoms with Gasteiger partial charge in [0.15, 0.2) is 12.4 Å². The third kappa shape index (κ3) is 4.85. The fourth-order valence-corrected chi connectivity index (χ4v) is 13.8. The minimum absolute atomic E-state index is 0.00992. The zero-order valence-corrected chi connectivity index (χ0v) is 32.8. The van der Waals surface area contributed by atoms with Gasteiger partial charge in [-0.25, -0.2) is 9.59 Å². The van der Waals surface area contributed by atoms with Crippen LogP contribution in [0.1, 0.15) is 119 Å². The minimum Gasteiger partial charge on any atom is -0.454 e. The average molecular weight is 719 g/mol. The predicted molar refractivity (Wildman–Crippen MR) is 198 cm³/mol. The molecule has 6 aliphatic rings. The molecule has 5 saturated carbocycles. The van der Waals surface area contributed by atoms with Gasteiger partial charge in [-0.2, -0.15) is 0 Å². The fourth-order valence-electron chi connectivity index (χ4n) is 13.8. The Hall–Kier alpha value is -2.52. The van der Waals surface area contributed by atoms with E-state index in [-0.39, 0.29) is 28.3 Å². The summed E-state index contributed by atoms with van der Waals surface area (Å²) in [5.74, 6) is -0.817. The Morgan fingerprint density at radius 2 is 1.48 bits per heavy atom. The molecule has 1 aliphatic heterocycles. The van der Waals surface area contributed by atoms with Crippen molar-refractivity contribution in [2.75, 3.05) is 0 Å². The third-order valence-corrected chi connectivity index (χ3v) is 16.8. The smallest absolute Gasteiger partial charge is 0.333 e. The van der Waals surface area contributed by atoms with Gasteiger partial charge in [-0.1, -0.05) is 84.9 Å². The molecule has 286 valence electrons. The average Bonchev–Trinajstić information content (AvgIpc) is 3.29. The summed E-state index contributed by atoms with van der Waals surface area (Å²) in [5, 5.41) is 36.4. The summed E-state index contributed by atoms with van der Waals surface area (Å²) in [4.78, 5) is 27.3. The molecule has 13 atom stereocenters. The highest BCUT2D eigenvalue weighted by Gasteiger charge is 2.85. The Kier molecular flexibility index (Phi) is 8.90. The maximum Gasteiger partial charge on any atom is 0.333 e. The van der Waals surface area contributed by atoms with Gasteiger partial charge in [-0.15, -0.1) is 0 Å². The molecule has 0 aromatic heterocycles. The van der Waals surface area contributed by atoms with Crippen molar-refractivity contribution in [1.82, 2.24) is 0 Å². The molecule has 7 rings (SSSR count). The molecule has 5 aliphatic carbocycles. The first kappa shape index (κ1) is 37.8. The van der Waals surface area contributed by atoms with Crippen molar-refractivity contribution >= 4 is 18.0 Å². The fraction of sp³-hybridized carbons (Fsp3) is 0.727. The number of hydrogen-bond donors (Lipinski definition) is 3. The van der Waals surface area contributed by atoms with Gasteiger partial charge in [0, 0.05) is 28.4 Å². The molecule has 0 radical (unpaired) electrons. The molecule has 1 saturated heterocycles. The highest BCUT2D eigenvalue weighted by molar-refractivity contribution is 5.88. The van der Waals surface area contributed by atoms with Crippen LogP contribution in [0.15, 0.2) is 48.1 Å². The molecule has 0 amide bonds. The van der Waals surface area contributed by atoms with Crippen LogP contribution in [0, 0.1) is 50.2 Å². The van der Waals surface area contributed by atoms with Crippen LogP contribution < -0.4 is 0 Å². The topological polar surface area (TPSA) is 123 Å². The van der Waals surface area contributed by atoms with E-state index in [0.29, 0.717) is 36.7 Å². The first-order valence-corrected chi connectivity index (χ1v) is 19.8. The highest BCUT2D eigenvalue weighted by Crippen LogP contribution is 2.81. The standard InChI is InChI=1S/C44H62O8/c1-10-26(2)36(48)51-34-35(50-33(47)17-16-27-14-12-11-13-15-27)44-30(24-38(34,3)4)43(52-37(44)49)23-19-29-40(7)21-20-31(45)39(5,6)28(40)18-22-41(29,8)42(43,9)25-32(44)46/h10-17,28-32,34-35,37,45-46,49H,18-25H2,1-9H3/t28?,29?,30?,31-,32+,34-,35-,37-,40-,41+,42-,43-,44+/m0/s1. The number of fused-ring (bicyclic) bond motifs is 4.